The predicted octanol–water partition coefficient (Wildman–Crippen LogP) is 4.70. The maximum absolute atomic E-state index is 4.85. The van der Waals surface area contributed by atoms with Crippen molar-refractivity contribution in [3.63, 3.8) is 0 Å². The van der Waals surface area contributed by atoms with Crippen LogP contribution in [-0.4, -0.2) is 11.8 Å². The summed E-state index contributed by atoms with van der Waals surface area (Å²) in [6.07, 6.45) is 4.72. The zero-order valence-electron chi connectivity index (χ0n) is 12.5. The first-order valence-electron chi connectivity index (χ1n) is 6.79. The van der Waals surface area contributed by atoms with Gasteiger partial charge < -0.3 is 5.32 Å². The molecule has 0 rings (SSSR count). The number of nitrogens with zero attached hydrogens (tertiary/aromatic N) is 1. The van der Waals surface area contributed by atoms with E-state index in [0.717, 1.165) is 11.4 Å². The summed E-state index contributed by atoms with van der Waals surface area (Å²) in [7, 11) is 0. The Kier molecular flexibility index (Phi) is 8.90. The van der Waals surface area contributed by atoms with Crippen LogP contribution < -0.4 is 5.32 Å². The molecule has 3 heteroatoms. The SMILES string of the molecule is C=C(S)NC(C)=C(C)C(C)=NC(CCC)CCC. The highest BCUT2D eigenvalue weighted by Gasteiger charge is 2.07. The molecule has 0 unspecified atom stereocenters. The molecule has 0 saturated heterocycles. The molecule has 0 fully saturated rings. The van der Waals surface area contributed by atoms with Gasteiger partial charge in [-0.25, -0.2) is 0 Å². The van der Waals surface area contributed by atoms with Gasteiger partial charge in [0.05, 0.1) is 11.1 Å². The molecule has 0 amide bonds. The van der Waals surface area contributed by atoms with Gasteiger partial charge in [-0.1, -0.05) is 33.3 Å². The molecule has 0 aromatic rings. The van der Waals surface area contributed by atoms with Crippen molar-refractivity contribution < 1.29 is 0 Å². The van der Waals surface area contributed by atoms with Crippen molar-refractivity contribution in [2.24, 2.45) is 4.99 Å². The molecule has 0 spiro atoms. The highest BCUT2D eigenvalue weighted by molar-refractivity contribution is 7.84. The van der Waals surface area contributed by atoms with Gasteiger partial charge in [0.2, 0.25) is 0 Å². The van der Waals surface area contributed by atoms with Gasteiger partial charge in [-0.2, -0.15) is 0 Å². The fraction of sp³-hybridized carbons (Fsp3) is 0.667. The Hall–Kier alpha value is -0.700. The fourth-order valence-corrected chi connectivity index (χ4v) is 2.06. The van der Waals surface area contributed by atoms with Gasteiger partial charge in [0.25, 0.3) is 0 Å². The standard InChI is InChI=1S/C15H28N2S/c1-7-9-15(10-8-2)17-13(5)11(3)12(4)16-14(6)18/h15-16,18H,6-10H2,1-5H3. The molecule has 0 aromatic heterocycles. The van der Waals surface area contributed by atoms with E-state index in [0.29, 0.717) is 11.1 Å². The molecule has 0 bridgehead atoms. The number of thiol groups is 1. The van der Waals surface area contributed by atoms with Crippen molar-refractivity contribution in [3.8, 4) is 0 Å². The van der Waals surface area contributed by atoms with Crippen LogP contribution in [0.4, 0.5) is 0 Å². The van der Waals surface area contributed by atoms with Crippen molar-refractivity contribution in [1.82, 2.24) is 5.32 Å². The first kappa shape index (κ1) is 17.3. The number of rotatable bonds is 8. The second kappa shape index (κ2) is 9.26. The zero-order valence-corrected chi connectivity index (χ0v) is 13.4. The second-order valence-electron chi connectivity index (χ2n) is 4.77. The molecular weight excluding hydrogens is 240 g/mol. The number of hydrogen-bond acceptors (Lipinski definition) is 3. The fourth-order valence-electron chi connectivity index (χ4n) is 1.89. The summed E-state index contributed by atoms with van der Waals surface area (Å²) in [6.45, 7) is 14.4. The molecule has 0 radical (unpaired) electrons. The van der Waals surface area contributed by atoms with Gasteiger partial charge in [0, 0.05) is 11.4 Å². The van der Waals surface area contributed by atoms with Crippen molar-refractivity contribution in [1.29, 1.82) is 0 Å². The second-order valence-corrected chi connectivity index (χ2v) is 5.31. The van der Waals surface area contributed by atoms with E-state index in [4.69, 9.17) is 4.99 Å². The van der Waals surface area contributed by atoms with Crippen LogP contribution in [0, 0.1) is 0 Å². The summed E-state index contributed by atoms with van der Waals surface area (Å²) in [5.41, 5.74) is 3.37. The molecule has 0 heterocycles. The number of aliphatic imine (C=N–C) groups is 1. The predicted molar refractivity (Wildman–Crippen MR) is 86.3 cm³/mol. The molecule has 2 nitrogen and oxygen atoms in total. The van der Waals surface area contributed by atoms with Gasteiger partial charge in [-0.3, -0.25) is 4.99 Å². The van der Waals surface area contributed by atoms with Gasteiger partial charge in [-0.15, -0.1) is 12.6 Å². The van der Waals surface area contributed by atoms with E-state index < -0.39 is 0 Å². The first-order chi connectivity index (χ1) is 8.42. The monoisotopic (exact) mass is 268 g/mol. The third-order valence-corrected chi connectivity index (χ3v) is 3.17. The van der Waals surface area contributed by atoms with E-state index in [1.807, 2.05) is 6.92 Å². The normalized spacial score (nSPS) is 13.6. The van der Waals surface area contributed by atoms with E-state index in [1.165, 1.54) is 31.3 Å². The molecule has 0 aliphatic rings. The minimum absolute atomic E-state index is 0.460. The van der Waals surface area contributed by atoms with E-state index in [2.05, 4.69) is 52.2 Å². The Morgan fingerprint density at radius 1 is 1.17 bits per heavy atom. The van der Waals surface area contributed by atoms with Crippen LogP contribution in [-0.2, 0) is 0 Å². The van der Waals surface area contributed by atoms with Crippen LogP contribution in [0.2, 0.25) is 0 Å². The number of hydrogen-bond donors (Lipinski definition) is 2. The number of allylic oxidation sites excluding steroid dienone is 2. The smallest absolute Gasteiger partial charge is 0.0618 e. The Balaban J connectivity index is 4.86. The summed E-state index contributed by atoms with van der Waals surface area (Å²) in [6, 6.07) is 0.460. The Morgan fingerprint density at radius 3 is 2.06 bits per heavy atom. The summed E-state index contributed by atoms with van der Waals surface area (Å²) < 4.78 is 0. The molecule has 104 valence electrons. The lowest BCUT2D eigenvalue weighted by atomic mass is 10.1. The van der Waals surface area contributed by atoms with Crippen molar-refractivity contribution >= 4 is 18.3 Å². The van der Waals surface area contributed by atoms with E-state index in [1.54, 1.807) is 0 Å². The van der Waals surface area contributed by atoms with E-state index in [-0.39, 0.29) is 0 Å². The molecule has 0 aromatic carbocycles. The molecular formula is C15H28N2S. The van der Waals surface area contributed by atoms with Crippen LogP contribution in [0.1, 0.15) is 60.3 Å². The van der Waals surface area contributed by atoms with Gasteiger partial charge in [0.15, 0.2) is 0 Å². The lowest BCUT2D eigenvalue weighted by Crippen LogP contribution is -2.13. The molecule has 0 aliphatic carbocycles. The average Bonchev–Trinajstić information content (AvgIpc) is 2.27. The quantitative estimate of drug-likeness (QED) is 0.484. The minimum atomic E-state index is 0.460. The summed E-state index contributed by atoms with van der Waals surface area (Å²) in [5.74, 6) is 0. The Morgan fingerprint density at radius 2 is 1.67 bits per heavy atom. The van der Waals surface area contributed by atoms with Gasteiger partial charge >= 0.3 is 0 Å². The van der Waals surface area contributed by atoms with E-state index >= 15 is 0 Å². The lowest BCUT2D eigenvalue weighted by molar-refractivity contribution is 0.556. The van der Waals surface area contributed by atoms with Crippen LogP contribution in [0.5, 0.6) is 0 Å². The van der Waals surface area contributed by atoms with Crippen LogP contribution >= 0.6 is 12.6 Å². The minimum Gasteiger partial charge on any atom is -0.354 e. The molecule has 0 aliphatic heterocycles. The Labute approximate surface area is 118 Å². The number of nitrogens with one attached hydrogen (secondary N) is 1. The maximum atomic E-state index is 4.85. The lowest BCUT2D eigenvalue weighted by Gasteiger charge is -2.14. The third kappa shape index (κ3) is 6.90. The van der Waals surface area contributed by atoms with Crippen molar-refractivity contribution in [3.05, 3.63) is 22.9 Å². The highest BCUT2D eigenvalue weighted by Crippen LogP contribution is 2.13. The van der Waals surface area contributed by atoms with Crippen molar-refractivity contribution in [2.75, 3.05) is 0 Å². The zero-order chi connectivity index (χ0) is 14.1. The molecule has 1 N–H and O–H groups in total. The maximum Gasteiger partial charge on any atom is 0.0618 e. The van der Waals surface area contributed by atoms with Crippen molar-refractivity contribution in [2.45, 2.75) is 66.3 Å². The summed E-state index contributed by atoms with van der Waals surface area (Å²) in [5, 5.41) is 3.79. The topological polar surface area (TPSA) is 24.4 Å². The van der Waals surface area contributed by atoms with Crippen LogP contribution in [0.25, 0.3) is 0 Å². The van der Waals surface area contributed by atoms with Gasteiger partial charge in [-0.05, 0) is 39.2 Å². The summed E-state index contributed by atoms with van der Waals surface area (Å²) in [4.78, 5) is 4.85. The third-order valence-electron chi connectivity index (χ3n) is 3.06. The molecule has 0 saturated carbocycles. The summed E-state index contributed by atoms with van der Waals surface area (Å²) >= 11 is 4.16. The van der Waals surface area contributed by atoms with Gasteiger partial charge in [0.1, 0.15) is 0 Å². The van der Waals surface area contributed by atoms with E-state index in [9.17, 15) is 0 Å². The largest absolute Gasteiger partial charge is 0.354 e. The highest BCUT2D eigenvalue weighted by atomic mass is 32.1. The van der Waals surface area contributed by atoms with Crippen LogP contribution in [0.15, 0.2) is 27.9 Å². The average molecular weight is 268 g/mol. The molecule has 0 atom stereocenters. The molecule has 18 heavy (non-hydrogen) atoms. The van der Waals surface area contributed by atoms with Crippen LogP contribution in [0.3, 0.4) is 0 Å². The first-order valence-corrected chi connectivity index (χ1v) is 7.24. The Bertz CT molecular complexity index is 323.